The second-order valence-corrected chi connectivity index (χ2v) is 3.17. The van der Waals surface area contributed by atoms with Gasteiger partial charge in [-0.05, 0) is 24.3 Å². The Bertz CT molecular complexity index is 483. The Labute approximate surface area is 90.6 Å². The third-order valence-corrected chi connectivity index (χ3v) is 2.11. The van der Waals surface area contributed by atoms with Crippen molar-refractivity contribution in [3.05, 3.63) is 54.0 Å². The van der Waals surface area contributed by atoms with E-state index in [-0.39, 0.29) is 0 Å². The zero-order valence-corrected chi connectivity index (χ0v) is 8.12. The van der Waals surface area contributed by atoms with Gasteiger partial charge >= 0.3 is 0 Å². The molecule has 0 saturated carbocycles. The summed E-state index contributed by atoms with van der Waals surface area (Å²) in [5.41, 5.74) is 0.234. The molecule has 1 radical (unpaired) electrons. The molecule has 0 amide bonds. The van der Waals surface area contributed by atoms with Gasteiger partial charge < -0.3 is 0 Å². The van der Waals surface area contributed by atoms with Crippen LogP contribution in [0.15, 0.2) is 36.5 Å². The van der Waals surface area contributed by atoms with E-state index in [0.29, 0.717) is 11.3 Å². The maximum absolute atomic E-state index is 13.0. The molecule has 0 atom stereocenters. The van der Waals surface area contributed by atoms with Crippen molar-refractivity contribution in [2.24, 2.45) is 0 Å². The molecular formula is C12H7F3N. The van der Waals surface area contributed by atoms with Gasteiger partial charge in [-0.25, -0.2) is 13.2 Å². The minimum atomic E-state index is -2.83. The average Bonchev–Trinajstić information content (AvgIpc) is 2.30. The molecule has 0 aliphatic rings. The van der Waals surface area contributed by atoms with Crippen LogP contribution in [0.25, 0.3) is 11.3 Å². The molecule has 0 fully saturated rings. The zero-order chi connectivity index (χ0) is 11.5. The highest BCUT2D eigenvalue weighted by molar-refractivity contribution is 5.59. The van der Waals surface area contributed by atoms with E-state index in [9.17, 15) is 13.2 Å². The third-order valence-electron chi connectivity index (χ3n) is 2.11. The molecule has 2 aromatic rings. The topological polar surface area (TPSA) is 12.9 Å². The fourth-order valence-corrected chi connectivity index (χ4v) is 1.34. The molecule has 2 rings (SSSR count). The van der Waals surface area contributed by atoms with Crippen LogP contribution in [-0.4, -0.2) is 4.98 Å². The largest absolute Gasteiger partial charge is 0.266 e. The van der Waals surface area contributed by atoms with Gasteiger partial charge in [0, 0.05) is 17.8 Å². The van der Waals surface area contributed by atoms with Crippen LogP contribution < -0.4 is 0 Å². The van der Waals surface area contributed by atoms with Crippen molar-refractivity contribution >= 4 is 0 Å². The predicted octanol–water partition coefficient (Wildman–Crippen LogP) is 3.63. The van der Waals surface area contributed by atoms with Crippen LogP contribution in [0.1, 0.15) is 12.0 Å². The summed E-state index contributed by atoms with van der Waals surface area (Å²) < 4.78 is 37.9. The molecule has 16 heavy (non-hydrogen) atoms. The highest BCUT2D eigenvalue weighted by Crippen LogP contribution is 2.26. The van der Waals surface area contributed by atoms with E-state index in [2.05, 4.69) is 11.1 Å². The number of nitrogens with zero attached hydrogens (tertiary/aromatic N) is 1. The Hall–Kier alpha value is -1.84. The van der Waals surface area contributed by atoms with Crippen molar-refractivity contribution in [3.63, 3.8) is 0 Å². The normalized spacial score (nSPS) is 10.8. The molecule has 0 bridgehead atoms. The number of pyridine rings is 1. The molecule has 81 valence electrons. The number of alkyl halides is 2. The quantitative estimate of drug-likeness (QED) is 0.756. The molecule has 1 nitrogen and oxygen atoms in total. The lowest BCUT2D eigenvalue weighted by molar-refractivity contribution is 0.146. The van der Waals surface area contributed by atoms with Crippen molar-refractivity contribution in [1.29, 1.82) is 0 Å². The summed E-state index contributed by atoms with van der Waals surface area (Å²) in [4.78, 5) is 3.96. The second-order valence-electron chi connectivity index (χ2n) is 3.17. The molecule has 1 heterocycles. The van der Waals surface area contributed by atoms with Crippen LogP contribution in [0.4, 0.5) is 13.2 Å². The number of hydrogen-bond donors (Lipinski definition) is 0. The smallest absolute Gasteiger partial charge is 0.256 e. The summed E-state index contributed by atoms with van der Waals surface area (Å²) in [5, 5.41) is 0. The average molecular weight is 222 g/mol. The standard InChI is InChI=1S/C12H7F3N/c13-10-5-4-8(7-9(10)12(14)15)11-3-1-2-6-16-11/h1-2,4-7,12H. The summed E-state index contributed by atoms with van der Waals surface area (Å²) in [6.07, 6.45) is -1.30. The zero-order valence-electron chi connectivity index (χ0n) is 8.12. The lowest BCUT2D eigenvalue weighted by Gasteiger charge is -2.05. The fraction of sp³-hybridized carbons (Fsp3) is 0.0833. The first-order chi connectivity index (χ1) is 7.68. The van der Waals surface area contributed by atoms with Crippen LogP contribution >= 0.6 is 0 Å². The first kappa shape index (κ1) is 10.7. The molecule has 0 aliphatic heterocycles. The van der Waals surface area contributed by atoms with E-state index < -0.39 is 17.8 Å². The Kier molecular flexibility index (Phi) is 2.90. The van der Waals surface area contributed by atoms with Gasteiger partial charge in [0.25, 0.3) is 6.43 Å². The SMILES string of the molecule is Fc1ccc(-c2[c]cccn2)cc1C(F)F. The Morgan fingerprint density at radius 2 is 2.06 bits per heavy atom. The van der Waals surface area contributed by atoms with E-state index in [1.165, 1.54) is 12.3 Å². The lowest BCUT2D eigenvalue weighted by Crippen LogP contribution is -1.92. The van der Waals surface area contributed by atoms with E-state index in [1.54, 1.807) is 12.1 Å². The summed E-state index contributed by atoms with van der Waals surface area (Å²) in [5.74, 6) is -0.908. The number of aromatic nitrogens is 1. The summed E-state index contributed by atoms with van der Waals surface area (Å²) in [6, 6.07) is 9.59. The molecule has 0 aliphatic carbocycles. The molecule has 0 saturated heterocycles. The maximum Gasteiger partial charge on any atom is 0.266 e. The van der Waals surface area contributed by atoms with E-state index in [1.807, 2.05) is 0 Å². The van der Waals surface area contributed by atoms with Gasteiger partial charge in [-0.1, -0.05) is 6.07 Å². The Morgan fingerprint density at radius 1 is 1.25 bits per heavy atom. The monoisotopic (exact) mass is 222 g/mol. The Morgan fingerprint density at radius 3 is 2.69 bits per heavy atom. The molecule has 0 N–H and O–H groups in total. The van der Waals surface area contributed by atoms with Crippen molar-refractivity contribution in [1.82, 2.24) is 4.98 Å². The summed E-state index contributed by atoms with van der Waals surface area (Å²) >= 11 is 0. The van der Waals surface area contributed by atoms with Gasteiger partial charge in [0.15, 0.2) is 0 Å². The van der Waals surface area contributed by atoms with Gasteiger partial charge in [-0.3, -0.25) is 4.98 Å². The molecule has 0 unspecified atom stereocenters. The van der Waals surface area contributed by atoms with E-state index in [4.69, 9.17) is 0 Å². The number of hydrogen-bond acceptors (Lipinski definition) is 1. The first-order valence-electron chi connectivity index (χ1n) is 4.59. The van der Waals surface area contributed by atoms with Crippen molar-refractivity contribution in [3.8, 4) is 11.3 Å². The van der Waals surface area contributed by atoms with Crippen LogP contribution in [0.2, 0.25) is 0 Å². The lowest BCUT2D eigenvalue weighted by atomic mass is 10.1. The highest BCUT2D eigenvalue weighted by atomic mass is 19.3. The van der Waals surface area contributed by atoms with Crippen molar-refractivity contribution in [2.75, 3.05) is 0 Å². The van der Waals surface area contributed by atoms with Crippen LogP contribution in [0.3, 0.4) is 0 Å². The van der Waals surface area contributed by atoms with Gasteiger partial charge in [0.1, 0.15) is 5.82 Å². The van der Waals surface area contributed by atoms with Crippen molar-refractivity contribution in [2.45, 2.75) is 6.43 Å². The summed E-state index contributed by atoms with van der Waals surface area (Å²) in [6.45, 7) is 0. The van der Waals surface area contributed by atoms with Gasteiger partial charge in [-0.2, -0.15) is 0 Å². The Balaban J connectivity index is 2.48. The minimum Gasteiger partial charge on any atom is -0.256 e. The van der Waals surface area contributed by atoms with Crippen LogP contribution in [0.5, 0.6) is 0 Å². The maximum atomic E-state index is 13.0. The van der Waals surface area contributed by atoms with E-state index >= 15 is 0 Å². The second kappa shape index (κ2) is 4.35. The highest BCUT2D eigenvalue weighted by Gasteiger charge is 2.14. The van der Waals surface area contributed by atoms with Crippen molar-refractivity contribution < 1.29 is 13.2 Å². The van der Waals surface area contributed by atoms with Gasteiger partial charge in [0.05, 0.1) is 11.3 Å². The fourth-order valence-electron chi connectivity index (χ4n) is 1.34. The molecule has 0 spiro atoms. The number of benzene rings is 1. The molecule has 1 aromatic heterocycles. The summed E-state index contributed by atoms with van der Waals surface area (Å²) in [7, 11) is 0. The first-order valence-corrected chi connectivity index (χ1v) is 4.59. The van der Waals surface area contributed by atoms with Gasteiger partial charge in [-0.15, -0.1) is 0 Å². The molecular weight excluding hydrogens is 215 g/mol. The number of halogens is 3. The van der Waals surface area contributed by atoms with E-state index in [0.717, 1.165) is 12.1 Å². The van der Waals surface area contributed by atoms with Gasteiger partial charge in [0.2, 0.25) is 0 Å². The molecule has 4 heteroatoms. The number of rotatable bonds is 2. The predicted molar refractivity (Wildman–Crippen MR) is 53.4 cm³/mol. The molecule has 1 aromatic carbocycles. The van der Waals surface area contributed by atoms with Crippen LogP contribution in [0, 0.1) is 11.9 Å². The minimum absolute atomic E-state index is 0.421. The third kappa shape index (κ3) is 2.05. The van der Waals surface area contributed by atoms with Crippen LogP contribution in [-0.2, 0) is 0 Å².